The number of rotatable bonds is 3. The van der Waals surface area contributed by atoms with Crippen LogP contribution in [-0.2, 0) is 4.74 Å². The molecular weight excluding hydrogens is 420 g/mol. The molecule has 1 aromatic carbocycles. The minimum atomic E-state index is 0.643. The molecule has 0 saturated heterocycles. The van der Waals surface area contributed by atoms with Gasteiger partial charge in [0, 0.05) is 10.4 Å². The molecule has 1 heterocycles. The van der Waals surface area contributed by atoms with Crippen molar-refractivity contribution < 1.29 is 4.74 Å². The van der Waals surface area contributed by atoms with Crippen LogP contribution in [0.1, 0.15) is 19.5 Å². The van der Waals surface area contributed by atoms with Crippen LogP contribution >= 0.6 is 45.8 Å². The number of aromatic nitrogens is 1. The van der Waals surface area contributed by atoms with Crippen LogP contribution in [0.5, 0.6) is 0 Å². The highest BCUT2D eigenvalue weighted by Crippen LogP contribution is 2.31. The maximum Gasteiger partial charge on any atom is 0.117 e. The van der Waals surface area contributed by atoms with Crippen LogP contribution in [0.4, 0.5) is 0 Å². The van der Waals surface area contributed by atoms with E-state index in [1.54, 1.807) is 7.11 Å². The average Bonchev–Trinajstić information content (AvgIpc) is 2.44. The first-order valence-electron chi connectivity index (χ1n) is 6.28. The third-order valence-electron chi connectivity index (χ3n) is 2.96. The fourth-order valence-corrected chi connectivity index (χ4v) is 2.91. The summed E-state index contributed by atoms with van der Waals surface area (Å²) in [5, 5.41) is 2.23. The summed E-state index contributed by atoms with van der Waals surface area (Å²) in [6, 6.07) is 5.52. The van der Waals surface area contributed by atoms with Gasteiger partial charge in [0.15, 0.2) is 0 Å². The molecule has 0 radical (unpaired) electrons. The van der Waals surface area contributed by atoms with Crippen LogP contribution in [0.25, 0.3) is 17.0 Å². The standard InChI is InChI=1S/C16H14Cl2INO/c1-9(2)14(21-3)7-6-12-16(19)15(18)11-5-4-10(17)8-13(11)20-12/h4-8H,1-3H3/b7-6-. The number of pyridine rings is 1. The second-order valence-corrected chi connectivity index (χ2v) is 6.58. The van der Waals surface area contributed by atoms with Crippen molar-refractivity contribution in [2.24, 2.45) is 0 Å². The van der Waals surface area contributed by atoms with Gasteiger partial charge in [-0.15, -0.1) is 0 Å². The second-order valence-electron chi connectivity index (χ2n) is 4.69. The van der Waals surface area contributed by atoms with Gasteiger partial charge in [-0.25, -0.2) is 4.98 Å². The summed E-state index contributed by atoms with van der Waals surface area (Å²) in [7, 11) is 1.65. The number of allylic oxidation sites excluding steroid dienone is 2. The molecule has 0 aliphatic heterocycles. The Hall–Kier alpha value is -0.780. The summed E-state index contributed by atoms with van der Waals surface area (Å²) in [4.78, 5) is 4.62. The molecule has 0 aliphatic rings. The molecule has 0 N–H and O–H groups in total. The molecule has 2 aromatic rings. The lowest BCUT2D eigenvalue weighted by atomic mass is 10.2. The topological polar surface area (TPSA) is 22.1 Å². The van der Waals surface area contributed by atoms with E-state index in [0.717, 1.165) is 31.5 Å². The van der Waals surface area contributed by atoms with E-state index in [9.17, 15) is 0 Å². The fraction of sp³-hybridized carbons (Fsp3) is 0.188. The van der Waals surface area contributed by atoms with Crippen molar-refractivity contribution in [3.05, 3.63) is 54.9 Å². The monoisotopic (exact) mass is 433 g/mol. The van der Waals surface area contributed by atoms with Gasteiger partial charge in [0.25, 0.3) is 0 Å². The number of benzene rings is 1. The van der Waals surface area contributed by atoms with Gasteiger partial charge in [0.2, 0.25) is 0 Å². The average molecular weight is 434 g/mol. The number of halogens is 3. The molecule has 110 valence electrons. The number of hydrogen-bond acceptors (Lipinski definition) is 2. The van der Waals surface area contributed by atoms with E-state index < -0.39 is 0 Å². The molecule has 0 amide bonds. The Morgan fingerprint density at radius 1 is 1.29 bits per heavy atom. The molecule has 2 nitrogen and oxygen atoms in total. The Balaban J connectivity index is 2.57. The zero-order valence-corrected chi connectivity index (χ0v) is 15.5. The maximum atomic E-state index is 6.43. The minimum Gasteiger partial charge on any atom is -0.497 e. The predicted molar refractivity (Wildman–Crippen MR) is 98.9 cm³/mol. The summed E-state index contributed by atoms with van der Waals surface area (Å²) in [6.07, 6.45) is 3.80. The summed E-state index contributed by atoms with van der Waals surface area (Å²) >= 11 is 14.7. The first-order valence-corrected chi connectivity index (χ1v) is 8.11. The highest BCUT2D eigenvalue weighted by atomic mass is 127. The van der Waals surface area contributed by atoms with Crippen LogP contribution in [-0.4, -0.2) is 12.1 Å². The Bertz CT molecular complexity index is 750. The zero-order chi connectivity index (χ0) is 15.6. The fourth-order valence-electron chi connectivity index (χ4n) is 1.90. The molecule has 0 unspecified atom stereocenters. The van der Waals surface area contributed by atoms with Gasteiger partial charge in [-0.3, -0.25) is 0 Å². The van der Waals surface area contributed by atoms with E-state index in [4.69, 9.17) is 27.9 Å². The lowest BCUT2D eigenvalue weighted by Gasteiger charge is -2.07. The highest BCUT2D eigenvalue weighted by molar-refractivity contribution is 14.1. The van der Waals surface area contributed by atoms with Crippen molar-refractivity contribution in [1.82, 2.24) is 4.98 Å². The normalized spacial score (nSPS) is 11.1. The maximum absolute atomic E-state index is 6.43. The van der Waals surface area contributed by atoms with E-state index in [-0.39, 0.29) is 0 Å². The van der Waals surface area contributed by atoms with Crippen molar-refractivity contribution in [3.63, 3.8) is 0 Å². The van der Waals surface area contributed by atoms with Crippen molar-refractivity contribution in [2.75, 3.05) is 7.11 Å². The number of ether oxygens (including phenoxy) is 1. The summed E-state index contributed by atoms with van der Waals surface area (Å²) < 4.78 is 6.23. The molecule has 0 fully saturated rings. The first kappa shape index (κ1) is 16.6. The molecule has 0 saturated carbocycles. The highest BCUT2D eigenvalue weighted by Gasteiger charge is 2.10. The molecule has 2 rings (SSSR count). The number of methoxy groups -OCH3 is 1. The Labute approximate surface area is 147 Å². The Kier molecular flexibility index (Phi) is 5.52. The predicted octanol–water partition coefficient (Wildman–Crippen LogP) is 6.10. The SMILES string of the molecule is COC(/C=C\c1nc2cc(Cl)ccc2c(Cl)c1I)=C(C)C. The number of nitrogens with zero attached hydrogens (tertiary/aromatic N) is 1. The van der Waals surface area contributed by atoms with Gasteiger partial charge in [-0.05, 0) is 72.4 Å². The molecule has 0 atom stereocenters. The zero-order valence-electron chi connectivity index (χ0n) is 11.9. The summed E-state index contributed by atoms with van der Waals surface area (Å²) in [5.41, 5.74) is 2.67. The molecule has 0 spiro atoms. The molecular formula is C16H14Cl2INO. The van der Waals surface area contributed by atoms with E-state index in [2.05, 4.69) is 27.6 Å². The van der Waals surface area contributed by atoms with Crippen LogP contribution in [0.3, 0.4) is 0 Å². The quantitative estimate of drug-likeness (QED) is 0.331. The van der Waals surface area contributed by atoms with E-state index >= 15 is 0 Å². The van der Waals surface area contributed by atoms with Crippen molar-refractivity contribution in [2.45, 2.75) is 13.8 Å². The molecule has 1 aromatic heterocycles. The largest absolute Gasteiger partial charge is 0.497 e. The van der Waals surface area contributed by atoms with Gasteiger partial charge >= 0.3 is 0 Å². The molecule has 0 bridgehead atoms. The van der Waals surface area contributed by atoms with Crippen LogP contribution < -0.4 is 0 Å². The smallest absolute Gasteiger partial charge is 0.117 e. The lowest BCUT2D eigenvalue weighted by Crippen LogP contribution is -1.92. The first-order chi connectivity index (χ1) is 9.93. The third kappa shape index (κ3) is 3.71. The van der Waals surface area contributed by atoms with Crippen molar-refractivity contribution >= 4 is 62.8 Å². The van der Waals surface area contributed by atoms with E-state index in [1.165, 1.54) is 0 Å². The third-order valence-corrected chi connectivity index (χ3v) is 5.00. The van der Waals surface area contributed by atoms with Gasteiger partial charge in [0.1, 0.15) is 5.76 Å². The molecule has 21 heavy (non-hydrogen) atoms. The second kappa shape index (κ2) is 6.99. The molecule has 0 aliphatic carbocycles. The molecule has 5 heteroatoms. The van der Waals surface area contributed by atoms with E-state index in [1.807, 2.05) is 44.2 Å². The van der Waals surface area contributed by atoms with Crippen LogP contribution in [0.15, 0.2) is 35.6 Å². The number of fused-ring (bicyclic) bond motifs is 1. The van der Waals surface area contributed by atoms with Crippen molar-refractivity contribution in [3.8, 4) is 0 Å². The van der Waals surface area contributed by atoms with Crippen LogP contribution in [0.2, 0.25) is 10.0 Å². The van der Waals surface area contributed by atoms with Gasteiger partial charge in [-0.1, -0.05) is 23.2 Å². The Morgan fingerprint density at radius 3 is 2.62 bits per heavy atom. The lowest BCUT2D eigenvalue weighted by molar-refractivity contribution is 0.303. The van der Waals surface area contributed by atoms with E-state index in [0.29, 0.717) is 10.0 Å². The summed E-state index contributed by atoms with van der Waals surface area (Å²) in [5.74, 6) is 0.815. The van der Waals surface area contributed by atoms with Gasteiger partial charge < -0.3 is 4.74 Å². The van der Waals surface area contributed by atoms with Gasteiger partial charge in [0.05, 0.1) is 26.9 Å². The number of hydrogen-bond donors (Lipinski definition) is 0. The van der Waals surface area contributed by atoms with Crippen molar-refractivity contribution in [1.29, 1.82) is 0 Å². The van der Waals surface area contributed by atoms with Crippen LogP contribution in [0, 0.1) is 3.57 Å². The summed E-state index contributed by atoms with van der Waals surface area (Å²) in [6.45, 7) is 3.99. The van der Waals surface area contributed by atoms with Gasteiger partial charge in [-0.2, -0.15) is 0 Å². The minimum absolute atomic E-state index is 0.643. The Morgan fingerprint density at radius 2 is 2.00 bits per heavy atom.